The highest BCUT2D eigenvalue weighted by molar-refractivity contribution is 7.98. The van der Waals surface area contributed by atoms with Crippen LogP contribution in [0.25, 0.3) is 10.9 Å². The van der Waals surface area contributed by atoms with E-state index in [-0.39, 0.29) is 0 Å². The highest BCUT2D eigenvalue weighted by Gasteiger charge is 2.41. The molecule has 0 radical (unpaired) electrons. The molecule has 2 aliphatic rings. The second-order valence-electron chi connectivity index (χ2n) is 7.02. The quantitative estimate of drug-likeness (QED) is 0.886. The molecule has 1 heterocycles. The van der Waals surface area contributed by atoms with Crippen molar-refractivity contribution in [2.45, 2.75) is 38.1 Å². The normalized spacial score (nSPS) is 30.5. The number of benzene rings is 1. The van der Waals surface area contributed by atoms with Gasteiger partial charge in [0.2, 0.25) is 0 Å². The van der Waals surface area contributed by atoms with E-state index in [1.165, 1.54) is 41.5 Å². The number of aromatic nitrogens is 1. The first-order valence-electron chi connectivity index (χ1n) is 8.63. The number of hydrogen-bond donors (Lipinski definition) is 2. The number of fused-ring (bicyclic) bond motifs is 2. The van der Waals surface area contributed by atoms with Crippen LogP contribution in [0.4, 0.5) is 0 Å². The van der Waals surface area contributed by atoms with Crippen LogP contribution in [0.15, 0.2) is 24.4 Å². The zero-order valence-corrected chi connectivity index (χ0v) is 14.4. The minimum absolute atomic E-state index is 0.680. The third-order valence-corrected chi connectivity index (χ3v) is 6.56. The standard InChI is InChI=1S/C19H26N2S/c1-3-20-18-8-12(11-22-2)7-15-14-5-4-6-17-19(14)13(10-21-17)9-16(15)18/h4-6,10,12,15-16,18,20-21H,3,7-9,11H2,1-2H3. The Bertz CT molecular complexity index is 662. The summed E-state index contributed by atoms with van der Waals surface area (Å²) >= 11 is 2.01. The average Bonchev–Trinajstić information content (AvgIpc) is 2.94. The molecule has 2 N–H and O–H groups in total. The highest BCUT2D eigenvalue weighted by atomic mass is 32.2. The monoisotopic (exact) mass is 314 g/mol. The summed E-state index contributed by atoms with van der Waals surface area (Å²) in [5, 5.41) is 5.34. The maximum atomic E-state index is 3.81. The summed E-state index contributed by atoms with van der Waals surface area (Å²) in [6, 6.07) is 7.54. The number of rotatable bonds is 4. The van der Waals surface area contributed by atoms with Gasteiger partial charge in [-0.05, 0) is 72.8 Å². The van der Waals surface area contributed by atoms with E-state index in [9.17, 15) is 0 Å². The van der Waals surface area contributed by atoms with Crippen LogP contribution >= 0.6 is 11.8 Å². The first-order valence-corrected chi connectivity index (χ1v) is 10.0. The topological polar surface area (TPSA) is 27.8 Å². The Balaban J connectivity index is 1.75. The van der Waals surface area contributed by atoms with Crippen LogP contribution in [0.3, 0.4) is 0 Å². The van der Waals surface area contributed by atoms with Crippen molar-refractivity contribution in [1.29, 1.82) is 0 Å². The van der Waals surface area contributed by atoms with Crippen LogP contribution in [0.1, 0.15) is 36.8 Å². The van der Waals surface area contributed by atoms with Crippen molar-refractivity contribution in [3.8, 4) is 0 Å². The Kier molecular flexibility index (Phi) is 3.95. The van der Waals surface area contributed by atoms with Crippen LogP contribution in [0, 0.1) is 11.8 Å². The molecule has 1 aromatic carbocycles. The fraction of sp³-hybridized carbons (Fsp3) is 0.579. The summed E-state index contributed by atoms with van der Waals surface area (Å²) in [4.78, 5) is 3.49. The maximum Gasteiger partial charge on any atom is 0.0459 e. The Labute approximate surface area is 137 Å². The molecule has 0 saturated heterocycles. The Morgan fingerprint density at radius 1 is 1.32 bits per heavy atom. The molecule has 4 rings (SSSR count). The zero-order valence-electron chi connectivity index (χ0n) is 13.6. The molecule has 2 aromatic rings. The van der Waals surface area contributed by atoms with E-state index in [1.807, 2.05) is 11.8 Å². The summed E-state index contributed by atoms with van der Waals surface area (Å²) in [5.41, 5.74) is 4.48. The smallest absolute Gasteiger partial charge is 0.0459 e. The fourth-order valence-corrected chi connectivity index (χ4v) is 5.71. The van der Waals surface area contributed by atoms with Gasteiger partial charge in [-0.2, -0.15) is 11.8 Å². The third-order valence-electron chi connectivity index (χ3n) is 5.75. The van der Waals surface area contributed by atoms with Gasteiger partial charge in [0.15, 0.2) is 0 Å². The van der Waals surface area contributed by atoms with Crippen LogP contribution in [-0.4, -0.2) is 29.6 Å². The zero-order chi connectivity index (χ0) is 15.1. The molecular weight excluding hydrogens is 288 g/mol. The van der Waals surface area contributed by atoms with Crippen molar-refractivity contribution in [3.63, 3.8) is 0 Å². The minimum Gasteiger partial charge on any atom is -0.361 e. The summed E-state index contributed by atoms with van der Waals surface area (Å²) in [6.07, 6.45) is 8.47. The highest BCUT2D eigenvalue weighted by Crippen LogP contribution is 2.49. The second kappa shape index (κ2) is 5.93. The predicted molar refractivity (Wildman–Crippen MR) is 96.8 cm³/mol. The number of aromatic amines is 1. The molecular formula is C19H26N2S. The van der Waals surface area contributed by atoms with Crippen molar-refractivity contribution in [2.75, 3.05) is 18.6 Å². The Hall–Kier alpha value is -0.930. The van der Waals surface area contributed by atoms with E-state index in [1.54, 1.807) is 5.56 Å². The lowest BCUT2D eigenvalue weighted by molar-refractivity contribution is 0.184. The van der Waals surface area contributed by atoms with Gasteiger partial charge in [-0.15, -0.1) is 0 Å². The molecule has 2 aliphatic carbocycles. The van der Waals surface area contributed by atoms with E-state index in [4.69, 9.17) is 0 Å². The number of thioether (sulfide) groups is 1. The van der Waals surface area contributed by atoms with E-state index in [2.05, 4.69) is 47.9 Å². The molecule has 1 aromatic heterocycles. The molecule has 1 saturated carbocycles. The lowest BCUT2D eigenvalue weighted by Gasteiger charge is -2.45. The molecule has 2 nitrogen and oxygen atoms in total. The lowest BCUT2D eigenvalue weighted by atomic mass is 9.64. The van der Waals surface area contributed by atoms with E-state index >= 15 is 0 Å². The summed E-state index contributed by atoms with van der Waals surface area (Å²) < 4.78 is 0. The molecule has 1 fully saturated rings. The fourth-order valence-electron chi connectivity index (χ4n) is 4.97. The predicted octanol–water partition coefficient (Wildman–Crippen LogP) is 4.17. The van der Waals surface area contributed by atoms with Gasteiger partial charge in [0.05, 0.1) is 0 Å². The molecule has 22 heavy (non-hydrogen) atoms. The average molecular weight is 314 g/mol. The van der Waals surface area contributed by atoms with E-state index in [0.717, 1.165) is 24.3 Å². The molecule has 3 heteroatoms. The van der Waals surface area contributed by atoms with Gasteiger partial charge in [-0.3, -0.25) is 0 Å². The van der Waals surface area contributed by atoms with Gasteiger partial charge >= 0.3 is 0 Å². The maximum absolute atomic E-state index is 3.81. The molecule has 4 atom stereocenters. The minimum atomic E-state index is 0.680. The number of hydrogen-bond acceptors (Lipinski definition) is 2. The largest absolute Gasteiger partial charge is 0.361 e. The third kappa shape index (κ3) is 2.30. The Morgan fingerprint density at radius 3 is 3.05 bits per heavy atom. The van der Waals surface area contributed by atoms with Gasteiger partial charge in [-0.25, -0.2) is 0 Å². The van der Waals surface area contributed by atoms with Gasteiger partial charge in [-0.1, -0.05) is 19.1 Å². The van der Waals surface area contributed by atoms with E-state index in [0.29, 0.717) is 6.04 Å². The molecule has 0 bridgehead atoms. The number of nitrogens with one attached hydrogen (secondary N) is 2. The number of H-pyrrole nitrogens is 1. The molecule has 0 aliphatic heterocycles. The van der Waals surface area contributed by atoms with Crippen LogP contribution in [0.5, 0.6) is 0 Å². The van der Waals surface area contributed by atoms with Gasteiger partial charge in [0.1, 0.15) is 0 Å². The van der Waals surface area contributed by atoms with Crippen LogP contribution in [0.2, 0.25) is 0 Å². The summed E-state index contributed by atoms with van der Waals surface area (Å²) in [6.45, 7) is 3.34. The van der Waals surface area contributed by atoms with Crippen molar-refractivity contribution in [3.05, 3.63) is 35.5 Å². The van der Waals surface area contributed by atoms with Gasteiger partial charge < -0.3 is 10.3 Å². The van der Waals surface area contributed by atoms with Crippen molar-refractivity contribution < 1.29 is 0 Å². The molecule has 4 unspecified atom stereocenters. The first-order chi connectivity index (χ1) is 10.8. The second-order valence-corrected chi connectivity index (χ2v) is 7.93. The van der Waals surface area contributed by atoms with Crippen molar-refractivity contribution in [1.82, 2.24) is 10.3 Å². The Morgan fingerprint density at radius 2 is 2.23 bits per heavy atom. The first kappa shape index (κ1) is 14.6. The lowest BCUT2D eigenvalue weighted by Crippen LogP contribution is -2.46. The molecule has 0 spiro atoms. The van der Waals surface area contributed by atoms with Crippen LogP contribution < -0.4 is 5.32 Å². The van der Waals surface area contributed by atoms with Crippen molar-refractivity contribution >= 4 is 22.7 Å². The summed E-state index contributed by atoms with van der Waals surface area (Å²) in [5.74, 6) is 3.67. The van der Waals surface area contributed by atoms with Crippen LogP contribution in [-0.2, 0) is 6.42 Å². The van der Waals surface area contributed by atoms with Crippen molar-refractivity contribution in [2.24, 2.45) is 11.8 Å². The van der Waals surface area contributed by atoms with E-state index < -0.39 is 0 Å². The molecule has 118 valence electrons. The SMILES string of the molecule is CCNC1CC(CSC)CC2c3cccc4[nH]cc(c34)CC12. The van der Waals surface area contributed by atoms with Gasteiger partial charge in [0, 0.05) is 23.1 Å². The molecule has 0 amide bonds. The van der Waals surface area contributed by atoms with Gasteiger partial charge in [0.25, 0.3) is 0 Å². The summed E-state index contributed by atoms with van der Waals surface area (Å²) in [7, 11) is 0.